The summed E-state index contributed by atoms with van der Waals surface area (Å²) in [5.74, 6) is -0.766. The Morgan fingerprint density at radius 2 is 1.96 bits per heavy atom. The first-order valence-corrected chi connectivity index (χ1v) is 9.13. The molecule has 0 bridgehead atoms. The zero-order valence-electron chi connectivity index (χ0n) is 12.8. The summed E-state index contributed by atoms with van der Waals surface area (Å²) in [6, 6.07) is 5.19. The zero-order chi connectivity index (χ0) is 17.0. The number of nitrogens with zero attached hydrogens (tertiary/aromatic N) is 1. The molecule has 23 heavy (non-hydrogen) atoms. The number of carboxylic acids is 1. The normalized spacial score (nSPS) is 18.0. The van der Waals surface area contributed by atoms with Crippen LogP contribution in [0.2, 0.25) is 0 Å². The van der Waals surface area contributed by atoms with Crippen molar-refractivity contribution >= 4 is 21.7 Å². The van der Waals surface area contributed by atoms with E-state index in [-0.39, 0.29) is 23.8 Å². The van der Waals surface area contributed by atoms with Crippen molar-refractivity contribution in [3.63, 3.8) is 0 Å². The molecule has 0 saturated carbocycles. The lowest BCUT2D eigenvalue weighted by Crippen LogP contribution is -2.40. The van der Waals surface area contributed by atoms with Gasteiger partial charge in [-0.05, 0) is 37.1 Å². The van der Waals surface area contributed by atoms with Crippen LogP contribution in [0, 0.1) is 0 Å². The maximum Gasteiger partial charge on any atom is 0.326 e. The number of ether oxygens (including phenoxy) is 1. The minimum atomic E-state index is -3.25. The van der Waals surface area contributed by atoms with Gasteiger partial charge in [0.1, 0.15) is 11.8 Å². The van der Waals surface area contributed by atoms with Crippen LogP contribution in [0.5, 0.6) is 5.75 Å². The highest BCUT2D eigenvalue weighted by molar-refractivity contribution is 7.90. The molecule has 8 heteroatoms. The van der Waals surface area contributed by atoms with Crippen molar-refractivity contribution in [2.24, 2.45) is 0 Å². The number of rotatable bonds is 6. The van der Waals surface area contributed by atoms with Crippen molar-refractivity contribution in [2.45, 2.75) is 30.2 Å². The third-order valence-electron chi connectivity index (χ3n) is 3.69. The molecule has 0 spiro atoms. The molecule has 1 heterocycles. The number of carboxylic acid groups (broad SMARTS) is 1. The molecule has 0 radical (unpaired) electrons. The van der Waals surface area contributed by atoms with Gasteiger partial charge in [0.15, 0.2) is 9.84 Å². The molecule has 1 amide bonds. The number of aliphatic carboxylic acids is 1. The van der Waals surface area contributed by atoms with E-state index in [9.17, 15) is 18.0 Å². The van der Waals surface area contributed by atoms with E-state index in [0.717, 1.165) is 6.26 Å². The third-order valence-corrected chi connectivity index (χ3v) is 4.82. The molecule has 1 fully saturated rings. The fraction of sp³-hybridized carbons (Fsp3) is 0.467. The Morgan fingerprint density at radius 3 is 2.52 bits per heavy atom. The largest absolute Gasteiger partial charge is 0.493 e. The first-order chi connectivity index (χ1) is 10.8. The Bertz CT molecular complexity index is 682. The summed E-state index contributed by atoms with van der Waals surface area (Å²) in [5.41, 5.74) is 0. The lowest BCUT2D eigenvalue weighted by atomic mass is 10.2. The summed E-state index contributed by atoms with van der Waals surface area (Å²) in [6.45, 7) is 0.568. The summed E-state index contributed by atoms with van der Waals surface area (Å²) in [5, 5.41) is 9.05. The maximum atomic E-state index is 12.0. The van der Waals surface area contributed by atoms with Gasteiger partial charge in [0.2, 0.25) is 5.91 Å². The number of likely N-dealkylation sites (tertiary alicyclic amines) is 1. The van der Waals surface area contributed by atoms with Gasteiger partial charge in [-0.15, -0.1) is 0 Å². The van der Waals surface area contributed by atoms with Gasteiger partial charge >= 0.3 is 5.97 Å². The SMILES string of the molecule is CS(=O)(=O)c1ccc(OCCC(=O)N2CCC[C@H]2C(=O)O)cc1. The molecule has 1 aliphatic heterocycles. The quantitative estimate of drug-likeness (QED) is 0.826. The van der Waals surface area contributed by atoms with Crippen molar-refractivity contribution in [3.05, 3.63) is 24.3 Å². The average molecular weight is 341 g/mol. The van der Waals surface area contributed by atoms with Crippen LogP contribution in [-0.4, -0.2) is 55.7 Å². The van der Waals surface area contributed by atoms with Crippen LogP contribution in [0.1, 0.15) is 19.3 Å². The van der Waals surface area contributed by atoms with Gasteiger partial charge in [0, 0.05) is 12.8 Å². The summed E-state index contributed by atoms with van der Waals surface area (Å²) in [4.78, 5) is 24.7. The first-order valence-electron chi connectivity index (χ1n) is 7.24. The van der Waals surface area contributed by atoms with E-state index in [4.69, 9.17) is 9.84 Å². The lowest BCUT2D eigenvalue weighted by molar-refractivity contribution is -0.148. The smallest absolute Gasteiger partial charge is 0.326 e. The van der Waals surface area contributed by atoms with Crippen LogP contribution in [-0.2, 0) is 19.4 Å². The van der Waals surface area contributed by atoms with E-state index in [1.54, 1.807) is 0 Å². The highest BCUT2D eigenvalue weighted by Gasteiger charge is 2.33. The van der Waals surface area contributed by atoms with Crippen LogP contribution in [0.4, 0.5) is 0 Å². The number of amides is 1. The molecule has 1 N–H and O–H groups in total. The predicted molar refractivity (Wildman–Crippen MR) is 82.0 cm³/mol. The van der Waals surface area contributed by atoms with Gasteiger partial charge in [-0.2, -0.15) is 0 Å². The van der Waals surface area contributed by atoms with Crippen molar-refractivity contribution in [3.8, 4) is 5.75 Å². The second-order valence-electron chi connectivity index (χ2n) is 5.43. The number of carbonyl (C=O) groups excluding carboxylic acids is 1. The van der Waals surface area contributed by atoms with E-state index in [0.29, 0.717) is 25.1 Å². The number of carbonyl (C=O) groups is 2. The van der Waals surface area contributed by atoms with Crippen LogP contribution in [0.25, 0.3) is 0 Å². The molecule has 1 saturated heterocycles. The monoisotopic (exact) mass is 341 g/mol. The first kappa shape index (κ1) is 17.3. The molecule has 1 aromatic carbocycles. The van der Waals surface area contributed by atoms with Crippen molar-refractivity contribution in [2.75, 3.05) is 19.4 Å². The number of benzene rings is 1. The van der Waals surface area contributed by atoms with Crippen molar-refractivity contribution < 1.29 is 27.9 Å². The summed E-state index contributed by atoms with van der Waals surface area (Å²) < 4.78 is 28.1. The molecule has 1 aromatic rings. The van der Waals surface area contributed by atoms with Crippen LogP contribution >= 0.6 is 0 Å². The van der Waals surface area contributed by atoms with Crippen LogP contribution in [0.3, 0.4) is 0 Å². The highest BCUT2D eigenvalue weighted by Crippen LogP contribution is 2.19. The molecule has 7 nitrogen and oxygen atoms in total. The Hall–Kier alpha value is -2.09. The average Bonchev–Trinajstić information content (AvgIpc) is 2.96. The van der Waals surface area contributed by atoms with E-state index in [1.807, 2.05) is 0 Å². The number of hydrogen-bond donors (Lipinski definition) is 1. The van der Waals surface area contributed by atoms with Crippen LogP contribution in [0.15, 0.2) is 29.2 Å². The van der Waals surface area contributed by atoms with Gasteiger partial charge in [0.25, 0.3) is 0 Å². The Balaban J connectivity index is 1.85. The number of hydrogen-bond acceptors (Lipinski definition) is 5. The zero-order valence-corrected chi connectivity index (χ0v) is 13.6. The molecular weight excluding hydrogens is 322 g/mol. The van der Waals surface area contributed by atoms with Gasteiger partial charge in [0.05, 0.1) is 17.9 Å². The van der Waals surface area contributed by atoms with E-state index in [1.165, 1.54) is 29.2 Å². The van der Waals surface area contributed by atoms with Crippen molar-refractivity contribution in [1.29, 1.82) is 0 Å². The second-order valence-corrected chi connectivity index (χ2v) is 7.44. The minimum absolute atomic E-state index is 0.0810. The van der Waals surface area contributed by atoms with Gasteiger partial charge < -0.3 is 14.7 Å². The molecular formula is C15H19NO6S. The Morgan fingerprint density at radius 1 is 1.30 bits per heavy atom. The molecule has 2 rings (SSSR count). The highest BCUT2D eigenvalue weighted by atomic mass is 32.2. The molecule has 0 aromatic heterocycles. The minimum Gasteiger partial charge on any atom is -0.493 e. The summed E-state index contributed by atoms with van der Waals surface area (Å²) in [7, 11) is -3.25. The molecule has 0 aliphatic carbocycles. The Labute approximate surface area is 134 Å². The number of sulfone groups is 1. The Kier molecular flexibility index (Phi) is 5.25. The molecule has 126 valence electrons. The maximum absolute atomic E-state index is 12.0. The topological polar surface area (TPSA) is 101 Å². The summed E-state index contributed by atoms with van der Waals surface area (Å²) in [6.07, 6.45) is 2.37. The predicted octanol–water partition coefficient (Wildman–Crippen LogP) is 0.935. The molecule has 0 unspecified atom stereocenters. The van der Waals surface area contributed by atoms with Gasteiger partial charge in [-0.3, -0.25) is 4.79 Å². The fourth-order valence-corrected chi connectivity index (χ4v) is 3.14. The second kappa shape index (κ2) is 6.99. The van der Waals surface area contributed by atoms with E-state index >= 15 is 0 Å². The van der Waals surface area contributed by atoms with Gasteiger partial charge in [-0.25, -0.2) is 13.2 Å². The molecule has 1 aliphatic rings. The van der Waals surface area contributed by atoms with E-state index < -0.39 is 21.8 Å². The summed E-state index contributed by atoms with van der Waals surface area (Å²) >= 11 is 0. The lowest BCUT2D eigenvalue weighted by Gasteiger charge is -2.21. The third kappa shape index (κ3) is 4.44. The molecule has 1 atom stereocenters. The van der Waals surface area contributed by atoms with Crippen molar-refractivity contribution in [1.82, 2.24) is 4.90 Å². The van der Waals surface area contributed by atoms with Gasteiger partial charge in [-0.1, -0.05) is 0 Å². The van der Waals surface area contributed by atoms with E-state index in [2.05, 4.69) is 0 Å². The van der Waals surface area contributed by atoms with Crippen LogP contribution < -0.4 is 4.74 Å². The fourth-order valence-electron chi connectivity index (χ4n) is 2.50. The standard InChI is InChI=1S/C15H19NO6S/c1-23(20,21)12-6-4-11(5-7-12)22-10-8-14(17)16-9-2-3-13(16)15(18)19/h4-7,13H,2-3,8-10H2,1H3,(H,18,19)/t13-/m0/s1.